The van der Waals surface area contributed by atoms with Crippen LogP contribution in [-0.2, 0) is 14.4 Å². The van der Waals surface area contributed by atoms with Crippen LogP contribution in [0.1, 0.15) is 16.7 Å². The van der Waals surface area contributed by atoms with Crippen molar-refractivity contribution in [1.29, 1.82) is 0 Å². The molecule has 8 heteroatoms. The number of hydrogen-bond acceptors (Lipinski definition) is 6. The minimum atomic E-state index is -0.921. The van der Waals surface area contributed by atoms with Crippen LogP contribution in [0.5, 0.6) is 0 Å². The van der Waals surface area contributed by atoms with Crippen molar-refractivity contribution in [2.24, 2.45) is 10.3 Å². The lowest BCUT2D eigenvalue weighted by Crippen LogP contribution is -2.43. The standard InChI is InChI=1S/C21H21N5O3/c1-12-5-4-6-15(8-12)22-17(27)11-25-19-18(23-24-25)20(28)26(21(19)29)16-9-13(2)7-14(3)10-16/h4-10,18-19H,11H2,1-3H3,(H,22,27). The summed E-state index contributed by atoms with van der Waals surface area (Å²) in [6, 6.07) is 11.1. The highest BCUT2D eigenvalue weighted by atomic mass is 16.2. The Hall–Kier alpha value is -3.55. The maximum atomic E-state index is 13.0. The third kappa shape index (κ3) is 3.49. The lowest BCUT2D eigenvalue weighted by Gasteiger charge is -2.20. The van der Waals surface area contributed by atoms with Crippen LogP contribution in [0.4, 0.5) is 11.4 Å². The number of amides is 3. The summed E-state index contributed by atoms with van der Waals surface area (Å²) in [6.45, 7) is 5.58. The third-order valence-corrected chi connectivity index (χ3v) is 4.93. The number of hydrogen-bond donors (Lipinski definition) is 1. The van der Waals surface area contributed by atoms with Crippen molar-refractivity contribution in [2.75, 3.05) is 16.8 Å². The van der Waals surface area contributed by atoms with Crippen molar-refractivity contribution in [2.45, 2.75) is 32.9 Å². The van der Waals surface area contributed by atoms with Crippen molar-refractivity contribution in [1.82, 2.24) is 5.01 Å². The van der Waals surface area contributed by atoms with Gasteiger partial charge in [0.05, 0.1) is 5.69 Å². The van der Waals surface area contributed by atoms with E-state index in [-0.39, 0.29) is 12.5 Å². The average Bonchev–Trinajstić information content (AvgIpc) is 3.14. The normalized spacial score (nSPS) is 20.4. The fourth-order valence-electron chi connectivity index (χ4n) is 3.76. The van der Waals surface area contributed by atoms with E-state index < -0.39 is 23.9 Å². The van der Waals surface area contributed by atoms with E-state index in [2.05, 4.69) is 15.7 Å². The quantitative estimate of drug-likeness (QED) is 0.811. The highest BCUT2D eigenvalue weighted by molar-refractivity contribution is 6.25. The van der Waals surface area contributed by atoms with Gasteiger partial charge < -0.3 is 5.32 Å². The zero-order chi connectivity index (χ0) is 20.7. The monoisotopic (exact) mass is 391 g/mol. The molecule has 148 valence electrons. The van der Waals surface area contributed by atoms with E-state index in [1.54, 1.807) is 18.2 Å². The van der Waals surface area contributed by atoms with Gasteiger partial charge >= 0.3 is 0 Å². The van der Waals surface area contributed by atoms with E-state index in [4.69, 9.17) is 0 Å². The minimum absolute atomic E-state index is 0.168. The predicted molar refractivity (Wildman–Crippen MR) is 107 cm³/mol. The zero-order valence-electron chi connectivity index (χ0n) is 16.4. The number of carbonyl (C=O) groups is 3. The highest BCUT2D eigenvalue weighted by Crippen LogP contribution is 2.32. The van der Waals surface area contributed by atoms with Crippen LogP contribution in [0, 0.1) is 20.8 Å². The van der Waals surface area contributed by atoms with Crippen LogP contribution in [0.3, 0.4) is 0 Å². The molecule has 2 aromatic rings. The first-order valence-electron chi connectivity index (χ1n) is 9.33. The molecule has 3 amide bonds. The molecule has 2 aliphatic rings. The first kappa shape index (κ1) is 18.8. The molecule has 29 heavy (non-hydrogen) atoms. The SMILES string of the molecule is Cc1cccc(NC(=O)CN2N=NC3C(=O)N(c4cc(C)cc(C)c4)C(=O)C32)c1. The molecule has 8 nitrogen and oxygen atoms in total. The van der Waals surface area contributed by atoms with Crippen LogP contribution >= 0.6 is 0 Å². The molecule has 2 unspecified atom stereocenters. The fraction of sp³-hybridized carbons (Fsp3) is 0.286. The number of nitrogens with one attached hydrogen (secondary N) is 1. The van der Waals surface area contributed by atoms with E-state index in [9.17, 15) is 14.4 Å². The zero-order valence-corrected chi connectivity index (χ0v) is 16.4. The van der Waals surface area contributed by atoms with Crippen molar-refractivity contribution < 1.29 is 14.4 Å². The number of carbonyl (C=O) groups excluding carboxylic acids is 3. The number of imide groups is 1. The van der Waals surface area contributed by atoms with Gasteiger partial charge in [-0.25, -0.2) is 4.90 Å². The molecule has 0 aliphatic carbocycles. The van der Waals surface area contributed by atoms with E-state index in [1.807, 2.05) is 45.0 Å². The van der Waals surface area contributed by atoms with E-state index in [1.165, 1.54) is 5.01 Å². The lowest BCUT2D eigenvalue weighted by atomic mass is 10.1. The number of fused-ring (bicyclic) bond motifs is 1. The van der Waals surface area contributed by atoms with Gasteiger partial charge in [0.2, 0.25) is 5.91 Å². The Morgan fingerprint density at radius 1 is 1.00 bits per heavy atom. The summed E-state index contributed by atoms with van der Waals surface area (Å²) in [5, 5.41) is 11.9. The molecule has 0 spiro atoms. The summed E-state index contributed by atoms with van der Waals surface area (Å²) in [7, 11) is 0. The molecule has 2 aliphatic heterocycles. The number of aryl methyl sites for hydroxylation is 3. The van der Waals surface area contributed by atoms with Gasteiger partial charge in [0.25, 0.3) is 11.8 Å². The van der Waals surface area contributed by atoms with Crippen LogP contribution in [-0.4, -0.2) is 41.4 Å². The van der Waals surface area contributed by atoms with Gasteiger partial charge in [-0.1, -0.05) is 23.4 Å². The number of rotatable bonds is 4. The fourth-order valence-corrected chi connectivity index (χ4v) is 3.76. The molecule has 1 saturated heterocycles. The molecule has 2 heterocycles. The minimum Gasteiger partial charge on any atom is -0.324 e. The second-order valence-corrected chi connectivity index (χ2v) is 7.47. The maximum Gasteiger partial charge on any atom is 0.263 e. The van der Waals surface area contributed by atoms with E-state index in [0.717, 1.165) is 21.6 Å². The molecule has 1 fully saturated rings. The Morgan fingerprint density at radius 2 is 1.72 bits per heavy atom. The van der Waals surface area contributed by atoms with Gasteiger partial charge in [-0.2, -0.15) is 5.11 Å². The summed E-state index contributed by atoms with van der Waals surface area (Å²) < 4.78 is 0. The van der Waals surface area contributed by atoms with Gasteiger partial charge in [0.1, 0.15) is 6.54 Å². The first-order valence-corrected chi connectivity index (χ1v) is 9.33. The molecular formula is C21H21N5O3. The number of benzene rings is 2. The Kier molecular flexibility index (Phi) is 4.62. The highest BCUT2D eigenvalue weighted by Gasteiger charge is 2.55. The van der Waals surface area contributed by atoms with Gasteiger partial charge in [0, 0.05) is 5.69 Å². The number of nitrogens with zero attached hydrogens (tertiary/aromatic N) is 4. The van der Waals surface area contributed by atoms with Crippen molar-refractivity contribution in [3.05, 3.63) is 59.2 Å². The summed E-state index contributed by atoms with van der Waals surface area (Å²) in [5.41, 5.74) is 4.10. The molecule has 2 aromatic carbocycles. The van der Waals surface area contributed by atoms with Crippen molar-refractivity contribution in [3.8, 4) is 0 Å². The Labute approximate surface area is 168 Å². The molecule has 0 saturated carbocycles. The largest absolute Gasteiger partial charge is 0.324 e. The summed E-state index contributed by atoms with van der Waals surface area (Å²) >= 11 is 0. The van der Waals surface area contributed by atoms with Crippen LogP contribution in [0.25, 0.3) is 0 Å². The van der Waals surface area contributed by atoms with Crippen LogP contribution in [0.15, 0.2) is 52.8 Å². The van der Waals surface area contributed by atoms with Crippen LogP contribution in [0.2, 0.25) is 0 Å². The second-order valence-electron chi connectivity index (χ2n) is 7.47. The summed E-state index contributed by atoms with van der Waals surface area (Å²) in [6.07, 6.45) is 0. The topological polar surface area (TPSA) is 94.4 Å². The van der Waals surface area contributed by atoms with Gasteiger partial charge in [-0.05, 0) is 61.7 Å². The van der Waals surface area contributed by atoms with Crippen molar-refractivity contribution >= 4 is 29.1 Å². The first-order chi connectivity index (χ1) is 13.8. The number of anilines is 2. The second kappa shape index (κ2) is 7.12. The molecule has 4 rings (SSSR count). The van der Waals surface area contributed by atoms with Gasteiger partial charge in [-0.15, -0.1) is 0 Å². The molecule has 1 N–H and O–H groups in total. The van der Waals surface area contributed by atoms with E-state index >= 15 is 0 Å². The van der Waals surface area contributed by atoms with E-state index in [0.29, 0.717) is 11.4 Å². The van der Waals surface area contributed by atoms with Crippen molar-refractivity contribution in [3.63, 3.8) is 0 Å². The smallest absolute Gasteiger partial charge is 0.263 e. The molecule has 0 bridgehead atoms. The average molecular weight is 391 g/mol. The third-order valence-electron chi connectivity index (χ3n) is 4.93. The maximum absolute atomic E-state index is 13.0. The van der Waals surface area contributed by atoms with Gasteiger partial charge in [-0.3, -0.25) is 19.4 Å². The summed E-state index contributed by atoms with van der Waals surface area (Å²) in [4.78, 5) is 39.4. The Balaban J connectivity index is 1.51. The predicted octanol–water partition coefficient (Wildman–Crippen LogP) is 2.54. The van der Waals surface area contributed by atoms with Crippen LogP contribution < -0.4 is 10.2 Å². The molecule has 2 atom stereocenters. The summed E-state index contributed by atoms with van der Waals surface area (Å²) in [5.74, 6) is -1.17. The Morgan fingerprint density at radius 3 is 2.41 bits per heavy atom. The Bertz CT molecular complexity index is 1030. The molecular weight excluding hydrogens is 370 g/mol. The van der Waals surface area contributed by atoms with Gasteiger partial charge in [0.15, 0.2) is 12.1 Å². The lowest BCUT2D eigenvalue weighted by molar-refractivity contribution is -0.123. The molecule has 0 radical (unpaired) electrons. The molecule has 0 aromatic heterocycles.